The second-order valence-corrected chi connectivity index (χ2v) is 1.14. The highest BCUT2D eigenvalue weighted by molar-refractivity contribution is 5.76. The van der Waals surface area contributed by atoms with Gasteiger partial charge in [0.2, 0.25) is 0 Å². The van der Waals surface area contributed by atoms with Gasteiger partial charge in [-0.1, -0.05) is 0 Å². The number of halogens is 3. The van der Waals surface area contributed by atoms with Crippen molar-refractivity contribution in [1.82, 2.24) is 0 Å². The minimum atomic E-state index is -4.21. The Morgan fingerprint density at radius 3 is 2.00 bits per heavy atom. The van der Waals surface area contributed by atoms with E-state index in [0.29, 0.717) is 0 Å². The highest BCUT2D eigenvalue weighted by Crippen LogP contribution is 2.13. The Balaban J connectivity index is 3.91. The molecule has 8 heavy (non-hydrogen) atoms. The summed E-state index contributed by atoms with van der Waals surface area (Å²) in [6.07, 6.45) is 0. The monoisotopic (exact) mass is 128 g/mol. The molecule has 48 valence electrons. The van der Waals surface area contributed by atoms with E-state index in [9.17, 15) is 13.2 Å². The maximum absolute atomic E-state index is 11.3. The van der Waals surface area contributed by atoms with E-state index in [4.69, 9.17) is 9.90 Å². The molecule has 0 saturated heterocycles. The minimum Gasteiger partial charge on any atom is -0.389 e. The van der Waals surface area contributed by atoms with Crippen molar-refractivity contribution in [3.8, 4) is 0 Å². The number of aliphatic hydroxyl groups is 1. The summed E-state index contributed by atoms with van der Waals surface area (Å²) in [5.74, 6) is -4.21. The summed E-state index contributed by atoms with van der Waals surface area (Å²) >= 11 is 0. The Labute approximate surface area is 42.9 Å². The van der Waals surface area contributed by atoms with Crippen LogP contribution < -0.4 is 0 Å². The van der Waals surface area contributed by atoms with Crippen molar-refractivity contribution < 1.29 is 23.1 Å². The van der Waals surface area contributed by atoms with Crippen LogP contribution >= 0.6 is 0 Å². The smallest absolute Gasteiger partial charge is 0.372 e. The first-order valence-corrected chi connectivity index (χ1v) is 1.69. The van der Waals surface area contributed by atoms with E-state index in [-0.39, 0.29) is 0 Å². The predicted molar refractivity (Wildman–Crippen MR) is 18.1 cm³/mol. The summed E-state index contributed by atoms with van der Waals surface area (Å²) in [6.45, 7) is -1.78. The Morgan fingerprint density at radius 1 is 1.62 bits per heavy atom. The fraction of sp³-hybridized carbons (Fsp3) is 0.667. The molecular formula is C3H3F3O2. The van der Waals surface area contributed by atoms with E-state index in [1.54, 1.807) is 0 Å². The number of carbonyl (C=O) groups is 1. The molecule has 0 heterocycles. The van der Waals surface area contributed by atoms with Crippen molar-refractivity contribution in [1.29, 1.82) is 0 Å². The lowest BCUT2D eigenvalue weighted by Gasteiger charge is -2.02. The molecule has 0 aromatic rings. The number of hydrogen-bond donors (Lipinski definition) is 1. The van der Waals surface area contributed by atoms with Crippen LogP contribution in [0.2, 0.25) is 0 Å². The Hall–Kier alpha value is -0.580. The summed E-state index contributed by atoms with van der Waals surface area (Å²) in [7, 11) is 0. The first kappa shape index (κ1) is 7.42. The fourth-order valence-corrected chi connectivity index (χ4v) is 0.0622. The van der Waals surface area contributed by atoms with Gasteiger partial charge in [-0.2, -0.15) is 13.2 Å². The molecule has 1 N–H and O–H groups in total. The molecule has 0 spiro atoms. The van der Waals surface area contributed by atoms with Crippen LogP contribution in [0, 0.1) is 0 Å². The maximum Gasteiger partial charge on any atom is 0.372 e. The molecular weight excluding hydrogens is 125 g/mol. The molecule has 5 heteroatoms. The maximum atomic E-state index is 11.3. The molecule has 0 fully saturated rings. The van der Waals surface area contributed by atoms with Crippen LogP contribution in [0.15, 0.2) is 0 Å². The molecule has 0 unspecified atom stereocenters. The second-order valence-electron chi connectivity index (χ2n) is 1.14. The number of alkyl halides is 2. The highest BCUT2D eigenvalue weighted by atomic mass is 19.3. The third kappa shape index (κ3) is 1.49. The molecule has 2 nitrogen and oxygen atoms in total. The van der Waals surface area contributed by atoms with Crippen molar-refractivity contribution in [3.05, 3.63) is 0 Å². The van der Waals surface area contributed by atoms with Crippen molar-refractivity contribution in [2.45, 2.75) is 5.92 Å². The first-order chi connectivity index (χ1) is 3.50. The lowest BCUT2D eigenvalue weighted by atomic mass is 10.4. The zero-order valence-electron chi connectivity index (χ0n) is 3.70. The van der Waals surface area contributed by atoms with Gasteiger partial charge in [0.15, 0.2) is 0 Å². The standard InChI is InChI=1S/C3H3F3O2/c4-2(8)3(5,6)1-7/h7H,1H2. The summed E-state index contributed by atoms with van der Waals surface area (Å²) in [4.78, 5) is 9.12. The number of hydrogen-bond acceptors (Lipinski definition) is 2. The van der Waals surface area contributed by atoms with Gasteiger partial charge in [-0.3, -0.25) is 4.79 Å². The van der Waals surface area contributed by atoms with Gasteiger partial charge in [0.1, 0.15) is 6.61 Å². The van der Waals surface area contributed by atoms with Gasteiger partial charge in [-0.05, 0) is 0 Å². The molecule has 0 aliphatic carbocycles. The van der Waals surface area contributed by atoms with E-state index >= 15 is 0 Å². The lowest BCUT2D eigenvalue weighted by Crippen LogP contribution is -2.29. The van der Waals surface area contributed by atoms with E-state index in [1.165, 1.54) is 0 Å². The van der Waals surface area contributed by atoms with E-state index < -0.39 is 18.6 Å². The average molecular weight is 128 g/mol. The Kier molecular flexibility index (Phi) is 1.97. The molecule has 0 radical (unpaired) electrons. The number of rotatable bonds is 2. The van der Waals surface area contributed by atoms with Crippen LogP contribution in [0.25, 0.3) is 0 Å². The Morgan fingerprint density at radius 2 is 2.00 bits per heavy atom. The first-order valence-electron chi connectivity index (χ1n) is 1.69. The average Bonchev–Trinajstić information content (AvgIpc) is 1.67. The van der Waals surface area contributed by atoms with Crippen molar-refractivity contribution in [3.63, 3.8) is 0 Å². The van der Waals surface area contributed by atoms with Crippen LogP contribution in [-0.2, 0) is 4.79 Å². The van der Waals surface area contributed by atoms with Gasteiger partial charge >= 0.3 is 12.0 Å². The van der Waals surface area contributed by atoms with E-state index in [2.05, 4.69) is 0 Å². The van der Waals surface area contributed by atoms with E-state index in [1.807, 2.05) is 0 Å². The van der Waals surface area contributed by atoms with Gasteiger partial charge in [0.25, 0.3) is 0 Å². The summed E-state index contributed by atoms with van der Waals surface area (Å²) in [5, 5.41) is 7.55. The molecule has 0 aromatic heterocycles. The molecule has 0 amide bonds. The molecule has 0 atom stereocenters. The van der Waals surface area contributed by atoms with Gasteiger partial charge in [0, 0.05) is 0 Å². The van der Waals surface area contributed by atoms with Crippen molar-refractivity contribution in [2.24, 2.45) is 0 Å². The van der Waals surface area contributed by atoms with Crippen molar-refractivity contribution >= 4 is 6.04 Å². The second kappa shape index (κ2) is 2.13. The van der Waals surface area contributed by atoms with Gasteiger partial charge < -0.3 is 5.11 Å². The third-order valence-electron chi connectivity index (χ3n) is 0.486. The van der Waals surface area contributed by atoms with Crippen molar-refractivity contribution in [2.75, 3.05) is 6.61 Å². The topological polar surface area (TPSA) is 37.3 Å². The molecule has 0 bridgehead atoms. The van der Waals surface area contributed by atoms with E-state index in [0.717, 1.165) is 0 Å². The van der Waals surface area contributed by atoms with Crippen LogP contribution in [0.4, 0.5) is 13.2 Å². The zero-order chi connectivity index (χ0) is 6.78. The van der Waals surface area contributed by atoms with Gasteiger partial charge in [0.05, 0.1) is 0 Å². The van der Waals surface area contributed by atoms with Crippen LogP contribution in [0.1, 0.15) is 0 Å². The predicted octanol–water partition coefficient (Wildman–Crippen LogP) is 0.110. The largest absolute Gasteiger partial charge is 0.389 e. The summed E-state index contributed by atoms with van der Waals surface area (Å²) in [6, 6.07) is -2.81. The quantitative estimate of drug-likeness (QED) is 0.536. The summed E-state index contributed by atoms with van der Waals surface area (Å²) < 4.78 is 33.5. The molecule has 0 aromatic carbocycles. The van der Waals surface area contributed by atoms with Crippen LogP contribution in [-0.4, -0.2) is 23.7 Å². The van der Waals surface area contributed by atoms with Crippen LogP contribution in [0.3, 0.4) is 0 Å². The minimum absolute atomic E-state index is 1.78. The zero-order valence-corrected chi connectivity index (χ0v) is 3.70. The van der Waals surface area contributed by atoms with Gasteiger partial charge in [-0.15, -0.1) is 0 Å². The molecule has 0 aliphatic heterocycles. The molecule has 0 rings (SSSR count). The molecule has 0 aliphatic rings. The fourth-order valence-electron chi connectivity index (χ4n) is 0.0622. The van der Waals surface area contributed by atoms with Crippen LogP contribution in [0.5, 0.6) is 0 Å². The summed E-state index contributed by atoms with van der Waals surface area (Å²) in [5.41, 5.74) is 0. The highest BCUT2D eigenvalue weighted by Gasteiger charge is 2.38. The SMILES string of the molecule is O=C(F)C(F)(F)CO. The van der Waals surface area contributed by atoms with Gasteiger partial charge in [-0.25, -0.2) is 0 Å². The lowest BCUT2D eigenvalue weighted by molar-refractivity contribution is -0.160. The number of carbonyl (C=O) groups excluding carboxylic acids is 1. The third-order valence-corrected chi connectivity index (χ3v) is 0.486. The normalized spacial score (nSPS) is 11.5. The molecule has 0 saturated carbocycles. The Bertz CT molecular complexity index is 101. The number of aliphatic hydroxyl groups excluding tert-OH is 1.